The number of rotatable bonds is 6. The molecule has 0 spiro atoms. The predicted molar refractivity (Wildman–Crippen MR) is 117 cm³/mol. The monoisotopic (exact) mass is 414 g/mol. The lowest BCUT2D eigenvalue weighted by atomic mass is 10.1. The first-order valence-electron chi connectivity index (χ1n) is 9.94. The van der Waals surface area contributed by atoms with Gasteiger partial charge in [0.2, 0.25) is 0 Å². The molecule has 0 amide bonds. The normalized spacial score (nSPS) is 11.4. The van der Waals surface area contributed by atoms with Gasteiger partial charge in [0.1, 0.15) is 17.3 Å². The van der Waals surface area contributed by atoms with E-state index in [-0.39, 0.29) is 11.5 Å². The molecule has 0 radical (unpaired) electrons. The molecule has 31 heavy (non-hydrogen) atoms. The highest BCUT2D eigenvalue weighted by molar-refractivity contribution is 6.08. The number of nitrogens with one attached hydrogen (secondary N) is 2. The van der Waals surface area contributed by atoms with Crippen LogP contribution in [0.5, 0.6) is 0 Å². The molecular formula is C23H19FN6O. The second-order valence-electron chi connectivity index (χ2n) is 7.42. The van der Waals surface area contributed by atoms with E-state index >= 15 is 0 Å². The van der Waals surface area contributed by atoms with E-state index in [9.17, 15) is 9.18 Å². The summed E-state index contributed by atoms with van der Waals surface area (Å²) < 4.78 is 13.0. The molecular weight excluding hydrogens is 395 g/mol. The number of aryl methyl sites for hydroxylation is 1. The highest BCUT2D eigenvalue weighted by Gasteiger charge is 2.13. The second-order valence-corrected chi connectivity index (χ2v) is 7.42. The number of carbonyl (C=O) groups excluding carboxylic acids is 1. The zero-order chi connectivity index (χ0) is 21.4. The van der Waals surface area contributed by atoms with Crippen LogP contribution in [-0.4, -0.2) is 30.9 Å². The number of nitrogens with two attached hydrogens (primary N) is 1. The number of aromatic nitrogens is 5. The topological polar surface area (TPSA) is 113 Å². The maximum atomic E-state index is 13.0. The first-order valence-corrected chi connectivity index (χ1v) is 9.94. The van der Waals surface area contributed by atoms with Crippen molar-refractivity contribution in [2.24, 2.45) is 0 Å². The van der Waals surface area contributed by atoms with Crippen molar-refractivity contribution in [2.75, 3.05) is 5.73 Å². The van der Waals surface area contributed by atoms with Gasteiger partial charge in [-0.3, -0.25) is 14.9 Å². The van der Waals surface area contributed by atoms with Crippen LogP contribution in [0.1, 0.15) is 29.0 Å². The molecule has 8 heteroatoms. The molecule has 0 bridgehead atoms. The average molecular weight is 414 g/mol. The summed E-state index contributed by atoms with van der Waals surface area (Å²) in [5, 5.41) is 8.79. The van der Waals surface area contributed by atoms with Gasteiger partial charge in [0.25, 0.3) is 0 Å². The summed E-state index contributed by atoms with van der Waals surface area (Å²) in [5.74, 6) is -0.0999. The van der Waals surface area contributed by atoms with Crippen molar-refractivity contribution in [1.29, 1.82) is 0 Å². The Kier molecular flexibility index (Phi) is 4.66. The number of ketones is 1. The van der Waals surface area contributed by atoms with Gasteiger partial charge in [-0.05, 0) is 43.2 Å². The Bertz CT molecular complexity index is 1390. The van der Waals surface area contributed by atoms with E-state index in [1.165, 1.54) is 12.1 Å². The van der Waals surface area contributed by atoms with Crippen LogP contribution in [0.25, 0.3) is 33.1 Å². The molecule has 0 saturated heterocycles. The molecule has 0 aliphatic rings. The Morgan fingerprint density at radius 1 is 1.10 bits per heavy atom. The maximum absolute atomic E-state index is 13.0. The molecule has 5 rings (SSSR count). The highest BCUT2D eigenvalue weighted by Crippen LogP contribution is 2.31. The van der Waals surface area contributed by atoms with E-state index in [0.717, 1.165) is 45.0 Å². The number of benzene rings is 1. The molecule has 0 aliphatic heterocycles. The van der Waals surface area contributed by atoms with Gasteiger partial charge in [-0.25, -0.2) is 9.37 Å². The van der Waals surface area contributed by atoms with E-state index in [1.54, 1.807) is 6.20 Å². The third-order valence-electron chi connectivity index (χ3n) is 5.33. The summed E-state index contributed by atoms with van der Waals surface area (Å²) in [7, 11) is 0. The minimum Gasteiger partial charge on any atom is -0.383 e. The van der Waals surface area contributed by atoms with Crippen LogP contribution in [0.2, 0.25) is 0 Å². The minimum atomic E-state index is -0.454. The third-order valence-corrected chi connectivity index (χ3v) is 5.33. The number of nitrogens with zero attached hydrogens (tertiary/aromatic N) is 3. The molecule has 0 atom stereocenters. The van der Waals surface area contributed by atoms with Crippen LogP contribution in [0.4, 0.5) is 10.2 Å². The van der Waals surface area contributed by atoms with Crippen molar-refractivity contribution in [3.63, 3.8) is 0 Å². The number of H-pyrrole nitrogens is 2. The van der Waals surface area contributed by atoms with Gasteiger partial charge < -0.3 is 10.7 Å². The van der Waals surface area contributed by atoms with Gasteiger partial charge in [0.15, 0.2) is 5.78 Å². The molecule has 154 valence electrons. The number of aromatic amines is 2. The SMILES string of the molecule is Nc1nc2cc(-c3ccn[nH]3)ccc2c2[nH]c(CCCC(=O)c3ccc(F)cn3)cc12. The number of hydrogen-bond acceptors (Lipinski definition) is 5. The lowest BCUT2D eigenvalue weighted by molar-refractivity contribution is 0.0975. The van der Waals surface area contributed by atoms with E-state index in [1.807, 2.05) is 30.3 Å². The van der Waals surface area contributed by atoms with Crippen molar-refractivity contribution in [1.82, 2.24) is 25.1 Å². The van der Waals surface area contributed by atoms with Gasteiger partial charge in [-0.1, -0.05) is 12.1 Å². The smallest absolute Gasteiger partial charge is 0.181 e. The van der Waals surface area contributed by atoms with Crippen molar-refractivity contribution >= 4 is 33.4 Å². The van der Waals surface area contributed by atoms with Gasteiger partial charge >= 0.3 is 0 Å². The van der Waals surface area contributed by atoms with E-state index < -0.39 is 5.82 Å². The largest absolute Gasteiger partial charge is 0.383 e. The number of hydrogen-bond donors (Lipinski definition) is 3. The summed E-state index contributed by atoms with van der Waals surface area (Å²) in [6.45, 7) is 0. The highest BCUT2D eigenvalue weighted by atomic mass is 19.1. The lowest BCUT2D eigenvalue weighted by Gasteiger charge is -2.04. The number of anilines is 1. The fourth-order valence-corrected chi connectivity index (χ4v) is 3.78. The molecule has 5 aromatic rings. The number of fused-ring (bicyclic) bond motifs is 3. The Labute approximate surface area is 176 Å². The first kappa shape index (κ1) is 18.9. The number of carbonyl (C=O) groups is 1. The van der Waals surface area contributed by atoms with Crippen molar-refractivity contribution in [3.8, 4) is 11.3 Å². The van der Waals surface area contributed by atoms with E-state index in [0.29, 0.717) is 25.1 Å². The molecule has 4 heterocycles. The number of halogens is 1. The molecule has 0 aliphatic carbocycles. The third kappa shape index (κ3) is 3.63. The molecule has 0 saturated carbocycles. The lowest BCUT2D eigenvalue weighted by Crippen LogP contribution is -2.03. The zero-order valence-electron chi connectivity index (χ0n) is 16.5. The summed E-state index contributed by atoms with van der Waals surface area (Å²) >= 11 is 0. The Morgan fingerprint density at radius 2 is 2.00 bits per heavy atom. The molecule has 0 unspecified atom stereocenters. The molecule has 4 aromatic heterocycles. The fourth-order valence-electron chi connectivity index (χ4n) is 3.78. The van der Waals surface area contributed by atoms with Crippen LogP contribution in [0.3, 0.4) is 0 Å². The molecule has 0 fully saturated rings. The van der Waals surface area contributed by atoms with Crippen LogP contribution in [-0.2, 0) is 6.42 Å². The van der Waals surface area contributed by atoms with Gasteiger partial charge in [0.05, 0.1) is 22.9 Å². The Balaban J connectivity index is 1.37. The summed E-state index contributed by atoms with van der Waals surface area (Å²) in [6, 6.07) is 12.6. The molecule has 1 aromatic carbocycles. The van der Waals surface area contributed by atoms with Crippen LogP contribution < -0.4 is 5.73 Å². The van der Waals surface area contributed by atoms with Crippen molar-refractivity contribution in [3.05, 3.63) is 72.1 Å². The van der Waals surface area contributed by atoms with Crippen molar-refractivity contribution in [2.45, 2.75) is 19.3 Å². The zero-order valence-corrected chi connectivity index (χ0v) is 16.5. The number of nitrogen functional groups attached to an aromatic ring is 1. The average Bonchev–Trinajstić information content (AvgIpc) is 3.44. The van der Waals surface area contributed by atoms with Crippen LogP contribution in [0.15, 0.2) is 54.9 Å². The number of pyridine rings is 2. The number of Topliss-reactive ketones (excluding diaryl/α,β-unsaturated/α-hetero) is 1. The maximum Gasteiger partial charge on any atom is 0.181 e. The summed E-state index contributed by atoms with van der Waals surface area (Å²) in [4.78, 5) is 24.1. The van der Waals surface area contributed by atoms with Gasteiger partial charge in [0, 0.05) is 34.6 Å². The van der Waals surface area contributed by atoms with Gasteiger partial charge in [-0.2, -0.15) is 5.10 Å². The van der Waals surface area contributed by atoms with E-state index in [2.05, 4.69) is 25.1 Å². The standard InChI is InChI=1S/C23H19FN6O/c24-14-5-7-19(26-12-14)21(31)3-1-2-15-11-17-22(28-15)16-6-4-13(18-8-9-27-30-18)10-20(16)29-23(17)25/h4-12,28H,1-3H2,(H2,25,29)(H,27,30). The summed E-state index contributed by atoms with van der Waals surface area (Å²) in [5.41, 5.74) is 11.1. The van der Waals surface area contributed by atoms with Crippen LogP contribution >= 0.6 is 0 Å². The van der Waals surface area contributed by atoms with Crippen molar-refractivity contribution < 1.29 is 9.18 Å². The minimum absolute atomic E-state index is 0.103. The van der Waals surface area contributed by atoms with Gasteiger partial charge in [-0.15, -0.1) is 0 Å². The quantitative estimate of drug-likeness (QED) is 0.356. The second kappa shape index (κ2) is 7.64. The summed E-state index contributed by atoms with van der Waals surface area (Å²) in [6.07, 6.45) is 4.41. The fraction of sp³-hybridized carbons (Fsp3) is 0.130. The first-order chi connectivity index (χ1) is 15.1. The Morgan fingerprint density at radius 3 is 2.77 bits per heavy atom. The molecule has 7 nitrogen and oxygen atoms in total. The van der Waals surface area contributed by atoms with E-state index in [4.69, 9.17) is 5.73 Å². The molecule has 4 N–H and O–H groups in total. The predicted octanol–water partition coefficient (Wildman–Crippen LogP) is 4.43. The van der Waals surface area contributed by atoms with Crippen LogP contribution in [0, 0.1) is 5.82 Å². The Hall–Kier alpha value is -4.07.